The van der Waals surface area contributed by atoms with E-state index in [4.69, 9.17) is 0 Å². The minimum Gasteiger partial charge on any atom is -0.381 e. The smallest absolute Gasteiger partial charge is 0.0417 e. The number of fused-ring (bicyclic) bond motifs is 4. The van der Waals surface area contributed by atoms with E-state index in [1.807, 2.05) is 11.3 Å². The summed E-state index contributed by atoms with van der Waals surface area (Å²) in [6, 6.07) is 9.63. The zero-order valence-corrected chi connectivity index (χ0v) is 11.2. The van der Waals surface area contributed by atoms with E-state index < -0.39 is 0 Å². The number of rotatable bonds is 2. The van der Waals surface area contributed by atoms with Gasteiger partial charge in [-0.3, -0.25) is 0 Å². The van der Waals surface area contributed by atoms with Gasteiger partial charge in [0.1, 0.15) is 0 Å². The highest BCUT2D eigenvalue weighted by atomic mass is 32.1. The molecule has 5 rings (SSSR count). The van der Waals surface area contributed by atoms with Crippen molar-refractivity contribution in [1.29, 1.82) is 0 Å². The second kappa shape index (κ2) is 4.25. The number of thiophene rings is 1. The molecule has 1 unspecified atom stereocenters. The maximum Gasteiger partial charge on any atom is 0.0417 e. The molecule has 2 nitrogen and oxygen atoms in total. The van der Waals surface area contributed by atoms with Crippen LogP contribution in [0.1, 0.15) is 12.8 Å². The van der Waals surface area contributed by atoms with E-state index in [0.29, 0.717) is 6.04 Å². The van der Waals surface area contributed by atoms with Gasteiger partial charge < -0.3 is 10.2 Å². The molecule has 3 aliphatic rings. The Hall–Kier alpha value is -1.06. The topological polar surface area (TPSA) is 15.3 Å². The fourth-order valence-electron chi connectivity index (χ4n) is 3.40. The predicted molar refractivity (Wildman–Crippen MR) is 78.4 cm³/mol. The lowest BCUT2D eigenvalue weighted by atomic mass is 9.84. The van der Waals surface area contributed by atoms with Gasteiger partial charge in [0.15, 0.2) is 0 Å². The maximum absolute atomic E-state index is 3.76. The number of nitrogens with zero attached hydrogens (tertiary/aromatic N) is 1. The lowest BCUT2D eigenvalue weighted by Crippen LogP contribution is -2.53. The highest BCUT2D eigenvalue weighted by Crippen LogP contribution is 2.31. The van der Waals surface area contributed by atoms with Gasteiger partial charge in [0, 0.05) is 23.0 Å². The van der Waals surface area contributed by atoms with E-state index in [9.17, 15) is 0 Å². The first kappa shape index (κ1) is 10.8. The average Bonchev–Trinajstić information content (AvgIpc) is 2.87. The van der Waals surface area contributed by atoms with Crippen LogP contribution in [0.4, 0.5) is 5.69 Å². The molecule has 3 saturated heterocycles. The first-order chi connectivity index (χ1) is 8.88. The van der Waals surface area contributed by atoms with Crippen LogP contribution in [0.2, 0.25) is 0 Å². The third kappa shape index (κ3) is 1.82. The van der Waals surface area contributed by atoms with Crippen LogP contribution in [0.25, 0.3) is 10.1 Å². The van der Waals surface area contributed by atoms with Crippen molar-refractivity contribution in [2.45, 2.75) is 18.9 Å². The van der Waals surface area contributed by atoms with Gasteiger partial charge in [-0.15, -0.1) is 11.3 Å². The van der Waals surface area contributed by atoms with Crippen LogP contribution in [0.3, 0.4) is 0 Å². The third-order valence-electron chi connectivity index (χ3n) is 4.46. The lowest BCUT2D eigenvalue weighted by molar-refractivity contribution is 0.0975. The van der Waals surface area contributed by atoms with Crippen molar-refractivity contribution in [3.63, 3.8) is 0 Å². The highest BCUT2D eigenvalue weighted by Gasteiger charge is 2.33. The van der Waals surface area contributed by atoms with Gasteiger partial charge in [0.25, 0.3) is 0 Å². The van der Waals surface area contributed by atoms with Crippen LogP contribution in [0, 0.1) is 5.92 Å². The summed E-state index contributed by atoms with van der Waals surface area (Å²) in [5.41, 5.74) is 1.29. The molecular formula is C15H18N2S. The van der Waals surface area contributed by atoms with Crippen LogP contribution in [-0.2, 0) is 0 Å². The van der Waals surface area contributed by atoms with Crippen molar-refractivity contribution in [1.82, 2.24) is 4.90 Å². The van der Waals surface area contributed by atoms with E-state index >= 15 is 0 Å². The molecule has 3 heteroatoms. The summed E-state index contributed by atoms with van der Waals surface area (Å²) in [7, 11) is 0. The fraction of sp³-hybridized carbons (Fsp3) is 0.467. The van der Waals surface area contributed by atoms with Gasteiger partial charge in [-0.2, -0.15) is 0 Å². The number of anilines is 1. The Bertz CT molecular complexity index is 554. The summed E-state index contributed by atoms with van der Waals surface area (Å²) in [5.74, 6) is 0.883. The summed E-state index contributed by atoms with van der Waals surface area (Å²) >= 11 is 1.82. The second-order valence-electron chi connectivity index (χ2n) is 5.56. The van der Waals surface area contributed by atoms with Crippen LogP contribution >= 0.6 is 11.3 Å². The Balaban J connectivity index is 1.56. The Morgan fingerprint density at radius 3 is 2.83 bits per heavy atom. The Labute approximate surface area is 112 Å². The van der Waals surface area contributed by atoms with Gasteiger partial charge in [-0.1, -0.05) is 0 Å². The fourth-order valence-corrected chi connectivity index (χ4v) is 4.17. The molecule has 3 fully saturated rings. The summed E-state index contributed by atoms with van der Waals surface area (Å²) in [6.07, 6.45) is 2.75. The SMILES string of the molecule is c1cc2cc(NC3CN4CCC3CC4)ccc2s1. The molecule has 0 amide bonds. The molecule has 94 valence electrons. The number of benzene rings is 1. The van der Waals surface area contributed by atoms with Crippen LogP contribution in [0.15, 0.2) is 29.6 Å². The van der Waals surface area contributed by atoms with Gasteiger partial charge in [-0.25, -0.2) is 0 Å². The lowest BCUT2D eigenvalue weighted by Gasteiger charge is -2.45. The number of piperidine rings is 3. The molecule has 1 atom stereocenters. The van der Waals surface area contributed by atoms with Gasteiger partial charge in [-0.05, 0) is 66.9 Å². The zero-order valence-electron chi connectivity index (χ0n) is 10.4. The summed E-state index contributed by atoms with van der Waals surface area (Å²) < 4.78 is 1.38. The van der Waals surface area contributed by atoms with E-state index in [2.05, 4.69) is 39.9 Å². The average molecular weight is 258 g/mol. The van der Waals surface area contributed by atoms with Crippen molar-refractivity contribution in [2.75, 3.05) is 25.0 Å². The Kier molecular flexibility index (Phi) is 2.55. The van der Waals surface area contributed by atoms with Gasteiger partial charge in [0.05, 0.1) is 0 Å². The molecule has 3 aliphatic heterocycles. The molecule has 0 aliphatic carbocycles. The van der Waals surface area contributed by atoms with Crippen molar-refractivity contribution < 1.29 is 0 Å². The summed E-state index contributed by atoms with van der Waals surface area (Å²) in [4.78, 5) is 2.60. The zero-order chi connectivity index (χ0) is 11.9. The third-order valence-corrected chi connectivity index (χ3v) is 5.36. The summed E-state index contributed by atoms with van der Waals surface area (Å²) in [5, 5.41) is 7.29. The summed E-state index contributed by atoms with van der Waals surface area (Å²) in [6.45, 7) is 3.85. The number of hydrogen-bond donors (Lipinski definition) is 1. The molecule has 4 heterocycles. The molecule has 1 aromatic carbocycles. The molecule has 0 saturated carbocycles. The number of nitrogens with one attached hydrogen (secondary N) is 1. The molecule has 0 radical (unpaired) electrons. The van der Waals surface area contributed by atoms with Crippen LogP contribution in [-0.4, -0.2) is 30.6 Å². The molecule has 1 N–H and O–H groups in total. The van der Waals surface area contributed by atoms with Crippen LogP contribution in [0.5, 0.6) is 0 Å². The van der Waals surface area contributed by atoms with E-state index in [1.165, 1.54) is 48.2 Å². The Morgan fingerprint density at radius 1 is 1.17 bits per heavy atom. The molecule has 2 bridgehead atoms. The first-order valence-corrected chi connectivity index (χ1v) is 7.72. The van der Waals surface area contributed by atoms with Crippen LogP contribution < -0.4 is 5.32 Å². The molecular weight excluding hydrogens is 240 g/mol. The van der Waals surface area contributed by atoms with E-state index in [0.717, 1.165) is 5.92 Å². The van der Waals surface area contributed by atoms with Crippen molar-refractivity contribution in [2.24, 2.45) is 5.92 Å². The molecule has 1 aromatic heterocycles. The van der Waals surface area contributed by atoms with Crippen molar-refractivity contribution >= 4 is 27.1 Å². The number of hydrogen-bond acceptors (Lipinski definition) is 3. The van der Waals surface area contributed by atoms with E-state index in [1.54, 1.807) is 0 Å². The first-order valence-electron chi connectivity index (χ1n) is 6.85. The molecule has 2 aromatic rings. The second-order valence-corrected chi connectivity index (χ2v) is 6.51. The Morgan fingerprint density at radius 2 is 2.06 bits per heavy atom. The maximum atomic E-state index is 3.76. The molecule has 0 spiro atoms. The van der Waals surface area contributed by atoms with Crippen molar-refractivity contribution in [3.05, 3.63) is 29.6 Å². The van der Waals surface area contributed by atoms with Gasteiger partial charge in [0.2, 0.25) is 0 Å². The monoisotopic (exact) mass is 258 g/mol. The van der Waals surface area contributed by atoms with Crippen molar-refractivity contribution in [3.8, 4) is 0 Å². The minimum absolute atomic E-state index is 0.656. The largest absolute Gasteiger partial charge is 0.381 e. The normalized spacial score (nSPS) is 30.8. The minimum atomic E-state index is 0.656. The highest BCUT2D eigenvalue weighted by molar-refractivity contribution is 7.17. The predicted octanol–water partition coefficient (Wildman–Crippen LogP) is 3.41. The van der Waals surface area contributed by atoms with E-state index in [-0.39, 0.29) is 0 Å². The molecule has 18 heavy (non-hydrogen) atoms. The standard InChI is InChI=1S/C15H18N2S/c1-2-15-12(5-8-18-15)9-13(1)16-14-10-17-6-3-11(14)4-7-17/h1-2,5,8-9,11,14,16H,3-4,6-7,10H2. The quantitative estimate of drug-likeness (QED) is 0.888. The van der Waals surface area contributed by atoms with Gasteiger partial charge >= 0.3 is 0 Å².